The molecule has 0 bridgehead atoms. The van der Waals surface area contributed by atoms with E-state index >= 15 is 0 Å². The van der Waals surface area contributed by atoms with Crippen molar-refractivity contribution in [3.05, 3.63) is 40.8 Å². The molecule has 2 aromatic rings. The van der Waals surface area contributed by atoms with E-state index in [1.807, 2.05) is 18.7 Å². The van der Waals surface area contributed by atoms with Gasteiger partial charge in [-0.1, -0.05) is 0 Å². The lowest BCUT2D eigenvalue weighted by Crippen LogP contribution is -2.46. The average molecular weight is 399 g/mol. The first-order chi connectivity index (χ1) is 14.0. The third-order valence-corrected chi connectivity index (χ3v) is 6.02. The minimum absolute atomic E-state index is 0.0292. The van der Waals surface area contributed by atoms with Crippen LogP contribution in [0.25, 0.3) is 0 Å². The van der Waals surface area contributed by atoms with E-state index in [1.54, 1.807) is 18.3 Å². The van der Waals surface area contributed by atoms with Gasteiger partial charge < -0.3 is 19.7 Å². The van der Waals surface area contributed by atoms with Gasteiger partial charge in [0.1, 0.15) is 11.4 Å². The van der Waals surface area contributed by atoms with Crippen molar-refractivity contribution in [1.82, 2.24) is 20.5 Å². The zero-order valence-electron chi connectivity index (χ0n) is 16.8. The number of amides is 1. The van der Waals surface area contributed by atoms with Crippen LogP contribution in [-0.4, -0.2) is 60.5 Å². The number of H-pyrrole nitrogens is 1. The summed E-state index contributed by atoms with van der Waals surface area (Å²) in [6.07, 6.45) is 1.64. The van der Waals surface area contributed by atoms with Gasteiger partial charge in [-0.15, -0.1) is 0 Å². The largest absolute Gasteiger partial charge is 0.465 e. The number of ether oxygens (including phenoxy) is 2. The van der Waals surface area contributed by atoms with E-state index in [9.17, 15) is 9.59 Å². The lowest BCUT2D eigenvalue weighted by atomic mass is 9.80. The number of aromatic nitrogens is 3. The van der Waals surface area contributed by atoms with Crippen LogP contribution in [0.5, 0.6) is 0 Å². The van der Waals surface area contributed by atoms with Crippen molar-refractivity contribution in [3.8, 4) is 0 Å². The second-order valence-electron chi connectivity index (χ2n) is 7.71. The molecular formula is C20H25N5O4. The van der Waals surface area contributed by atoms with E-state index in [4.69, 9.17) is 9.47 Å². The molecule has 2 fully saturated rings. The topological polar surface area (TPSA) is 109 Å². The third-order valence-electron chi connectivity index (χ3n) is 6.02. The van der Waals surface area contributed by atoms with E-state index in [0.29, 0.717) is 44.2 Å². The fraction of sp³-hybridized carbons (Fsp3) is 0.500. The van der Waals surface area contributed by atoms with E-state index in [2.05, 4.69) is 20.5 Å². The van der Waals surface area contributed by atoms with Crippen molar-refractivity contribution in [3.63, 3.8) is 0 Å². The number of hydrogen-bond donors (Lipinski definition) is 2. The number of nitrogens with zero attached hydrogens (tertiary/aromatic N) is 3. The quantitative estimate of drug-likeness (QED) is 0.721. The summed E-state index contributed by atoms with van der Waals surface area (Å²) in [6, 6.07) is 3.39. The molecule has 2 aliphatic heterocycles. The molecule has 0 unspecified atom stereocenters. The van der Waals surface area contributed by atoms with Gasteiger partial charge in [-0.05, 0) is 26.0 Å². The first-order valence-electron chi connectivity index (χ1n) is 9.61. The molecule has 9 nitrogen and oxygen atoms in total. The number of aromatic amines is 1. The predicted octanol–water partition coefficient (Wildman–Crippen LogP) is 0.977. The summed E-state index contributed by atoms with van der Waals surface area (Å²) in [4.78, 5) is 31.8. The van der Waals surface area contributed by atoms with Crippen LogP contribution < -0.4 is 10.2 Å². The molecule has 0 spiro atoms. The number of methoxy groups -OCH3 is 1. The molecule has 154 valence electrons. The van der Waals surface area contributed by atoms with Crippen LogP contribution in [0, 0.1) is 25.2 Å². The number of aryl methyl sites for hydroxylation is 2. The minimum Gasteiger partial charge on any atom is -0.465 e. The lowest BCUT2D eigenvalue weighted by molar-refractivity contribution is -0.131. The zero-order valence-corrected chi connectivity index (χ0v) is 16.8. The summed E-state index contributed by atoms with van der Waals surface area (Å²) in [6.45, 7) is 6.16. The number of rotatable bonds is 5. The molecule has 0 saturated carbocycles. The molecule has 4 heterocycles. The minimum atomic E-state index is -0.670. The molecule has 9 heteroatoms. The van der Waals surface area contributed by atoms with Crippen molar-refractivity contribution in [2.45, 2.75) is 20.4 Å². The van der Waals surface area contributed by atoms with Crippen LogP contribution in [0.1, 0.15) is 27.3 Å². The Balaban J connectivity index is 1.55. The first-order valence-corrected chi connectivity index (χ1v) is 9.61. The number of hydrogen-bond acceptors (Lipinski definition) is 7. The second kappa shape index (κ2) is 7.47. The van der Waals surface area contributed by atoms with Gasteiger partial charge in [0.2, 0.25) is 5.91 Å². The highest BCUT2D eigenvalue weighted by Crippen LogP contribution is 2.43. The number of anilines is 1. The van der Waals surface area contributed by atoms with Crippen molar-refractivity contribution in [1.29, 1.82) is 0 Å². The van der Waals surface area contributed by atoms with Gasteiger partial charge in [-0.3, -0.25) is 9.89 Å². The molecule has 2 aliphatic rings. The SMILES string of the molecule is COC(=O)c1cccnc1N1C[C@H]2COC[C@@]2(C(=O)NCc2c(C)n[nH]c2C)C1. The van der Waals surface area contributed by atoms with Crippen molar-refractivity contribution in [2.24, 2.45) is 11.3 Å². The zero-order chi connectivity index (χ0) is 20.6. The molecular weight excluding hydrogens is 374 g/mol. The number of carbonyl (C=O) groups excluding carboxylic acids is 2. The van der Waals surface area contributed by atoms with E-state index in [1.165, 1.54) is 7.11 Å². The Bertz CT molecular complexity index is 923. The average Bonchev–Trinajstić information content (AvgIpc) is 3.39. The molecule has 0 aromatic carbocycles. The molecule has 2 saturated heterocycles. The van der Waals surface area contributed by atoms with Gasteiger partial charge in [0.15, 0.2) is 0 Å². The van der Waals surface area contributed by atoms with Gasteiger partial charge >= 0.3 is 5.97 Å². The van der Waals surface area contributed by atoms with Gasteiger partial charge in [0.25, 0.3) is 0 Å². The molecule has 0 aliphatic carbocycles. The van der Waals surface area contributed by atoms with Gasteiger partial charge in [-0.2, -0.15) is 5.10 Å². The van der Waals surface area contributed by atoms with E-state index < -0.39 is 11.4 Å². The molecule has 0 radical (unpaired) electrons. The van der Waals surface area contributed by atoms with Crippen LogP contribution in [-0.2, 0) is 20.8 Å². The maximum absolute atomic E-state index is 13.3. The molecule has 29 heavy (non-hydrogen) atoms. The Kier molecular flexibility index (Phi) is 4.99. The fourth-order valence-electron chi connectivity index (χ4n) is 4.32. The fourth-order valence-corrected chi connectivity index (χ4v) is 4.32. The van der Waals surface area contributed by atoms with Gasteiger partial charge in [-0.25, -0.2) is 9.78 Å². The van der Waals surface area contributed by atoms with Crippen molar-refractivity contribution >= 4 is 17.7 Å². The Morgan fingerprint density at radius 3 is 3.00 bits per heavy atom. The van der Waals surface area contributed by atoms with Crippen LogP contribution >= 0.6 is 0 Å². The molecule has 2 atom stereocenters. The highest BCUT2D eigenvalue weighted by molar-refractivity contribution is 5.95. The lowest BCUT2D eigenvalue weighted by Gasteiger charge is -2.26. The number of carbonyl (C=O) groups is 2. The first kappa shape index (κ1) is 19.4. The summed E-state index contributed by atoms with van der Waals surface area (Å²) in [5.74, 6) is 0.0906. The Labute approximate surface area is 168 Å². The normalized spacial score (nSPS) is 23.1. The Morgan fingerprint density at radius 1 is 1.45 bits per heavy atom. The summed E-state index contributed by atoms with van der Waals surface area (Å²) in [5.41, 5.74) is 2.55. The molecule has 2 aromatic heterocycles. The maximum atomic E-state index is 13.3. The summed E-state index contributed by atoms with van der Waals surface area (Å²) >= 11 is 0. The number of esters is 1. The summed E-state index contributed by atoms with van der Waals surface area (Å²) < 4.78 is 10.6. The standard InChI is InChI=1S/C20H25N5O4/c1-12-16(13(2)24-23-12)7-22-19(27)20-10-25(8-14(20)9-29-11-20)17-15(18(26)28-3)5-4-6-21-17/h4-6,14H,7-11H2,1-3H3,(H,22,27)(H,23,24)/t14-,20-/m0/s1. The Hall–Kier alpha value is -2.94. The van der Waals surface area contributed by atoms with Crippen LogP contribution in [0.15, 0.2) is 18.3 Å². The van der Waals surface area contributed by atoms with Crippen LogP contribution in [0.2, 0.25) is 0 Å². The maximum Gasteiger partial charge on any atom is 0.341 e. The number of nitrogens with one attached hydrogen (secondary N) is 2. The number of pyridine rings is 1. The van der Waals surface area contributed by atoms with Crippen LogP contribution in [0.3, 0.4) is 0 Å². The summed E-state index contributed by atoms with van der Waals surface area (Å²) in [5, 5.41) is 10.2. The van der Waals surface area contributed by atoms with Crippen molar-refractivity contribution in [2.75, 3.05) is 38.3 Å². The number of fused-ring (bicyclic) bond motifs is 1. The predicted molar refractivity (Wildman–Crippen MR) is 104 cm³/mol. The highest BCUT2D eigenvalue weighted by Gasteiger charge is 2.56. The summed E-state index contributed by atoms with van der Waals surface area (Å²) in [7, 11) is 1.35. The molecule has 4 rings (SSSR count). The van der Waals surface area contributed by atoms with Gasteiger partial charge in [0, 0.05) is 43.0 Å². The van der Waals surface area contributed by atoms with E-state index in [-0.39, 0.29) is 11.8 Å². The molecule has 1 amide bonds. The smallest absolute Gasteiger partial charge is 0.341 e. The monoisotopic (exact) mass is 399 g/mol. The third kappa shape index (κ3) is 3.25. The Morgan fingerprint density at radius 2 is 2.28 bits per heavy atom. The van der Waals surface area contributed by atoms with Crippen LogP contribution in [0.4, 0.5) is 5.82 Å². The molecule has 2 N–H and O–H groups in total. The second-order valence-corrected chi connectivity index (χ2v) is 7.71. The van der Waals surface area contributed by atoms with E-state index in [0.717, 1.165) is 17.0 Å². The highest BCUT2D eigenvalue weighted by atomic mass is 16.5. The van der Waals surface area contributed by atoms with Crippen molar-refractivity contribution < 1.29 is 19.1 Å². The van der Waals surface area contributed by atoms with Gasteiger partial charge in [0.05, 0.1) is 31.4 Å².